The molecule has 3 aromatic rings. The van der Waals surface area contributed by atoms with E-state index in [1.807, 2.05) is 19.1 Å². The summed E-state index contributed by atoms with van der Waals surface area (Å²) in [7, 11) is -4.02. The van der Waals surface area contributed by atoms with Crippen LogP contribution in [0.1, 0.15) is 67.3 Å². The number of aromatic hydroxyl groups is 1. The maximum atomic E-state index is 13.0. The van der Waals surface area contributed by atoms with E-state index in [0.29, 0.717) is 5.92 Å². The zero-order valence-corrected chi connectivity index (χ0v) is 21.1. The largest absolute Gasteiger partial charge is 0.508 e. The van der Waals surface area contributed by atoms with Gasteiger partial charge in [0.2, 0.25) is 0 Å². The minimum absolute atomic E-state index is 0.0666. The van der Waals surface area contributed by atoms with Crippen molar-refractivity contribution < 1.29 is 27.6 Å². The fourth-order valence-electron chi connectivity index (χ4n) is 5.71. The third-order valence-electron chi connectivity index (χ3n) is 7.50. The third kappa shape index (κ3) is 5.00. The molecule has 8 nitrogen and oxygen atoms in total. The zero-order chi connectivity index (χ0) is 25.4. The molecule has 3 atom stereocenters. The number of carbonyl (C=O) groups excluding carboxylic acids is 1. The van der Waals surface area contributed by atoms with E-state index in [1.54, 1.807) is 18.2 Å². The van der Waals surface area contributed by atoms with Crippen LogP contribution in [0.15, 0.2) is 47.4 Å². The van der Waals surface area contributed by atoms with E-state index in [2.05, 4.69) is 9.88 Å². The average molecular weight is 513 g/mol. The van der Waals surface area contributed by atoms with Crippen molar-refractivity contribution in [1.29, 1.82) is 0 Å². The summed E-state index contributed by atoms with van der Waals surface area (Å²) < 4.78 is 35.5. The second kappa shape index (κ2) is 9.88. The number of aromatic amines is 1. The van der Waals surface area contributed by atoms with Gasteiger partial charge in [-0.3, -0.25) is 9.45 Å². The van der Waals surface area contributed by atoms with Gasteiger partial charge in [-0.05, 0) is 81.5 Å². The molecule has 1 aromatic heterocycles. The standard InChI is InChI=1S/C20H24N2O3.C7H8O3S/c23-13-6-7-16-15(10-13)17-12-8-9-22(11-12)19(18(17)21-16)20(24)25-14-4-2-1-3-5-14;1-6-2-4-7(5-3-6)11(8,9)10/h6-7,10,12,14,19,21,23H,1-5,8-9,11H2;2-5H,1H3,(H,8,9,10). The van der Waals surface area contributed by atoms with Gasteiger partial charge in [0.05, 0.1) is 4.90 Å². The first-order valence-corrected chi connectivity index (χ1v) is 14.0. The van der Waals surface area contributed by atoms with Crippen LogP contribution in [0.25, 0.3) is 10.9 Å². The van der Waals surface area contributed by atoms with Gasteiger partial charge in [-0.2, -0.15) is 8.42 Å². The van der Waals surface area contributed by atoms with Crippen LogP contribution in [0.2, 0.25) is 0 Å². The molecule has 3 heterocycles. The maximum absolute atomic E-state index is 13.0. The van der Waals surface area contributed by atoms with E-state index in [4.69, 9.17) is 9.29 Å². The number of aromatic nitrogens is 1. The van der Waals surface area contributed by atoms with Crippen molar-refractivity contribution in [3.05, 3.63) is 59.3 Å². The molecule has 3 N–H and O–H groups in total. The molecule has 0 amide bonds. The molecule has 2 bridgehead atoms. The van der Waals surface area contributed by atoms with Crippen LogP contribution in [0.4, 0.5) is 0 Å². The van der Waals surface area contributed by atoms with Gasteiger partial charge in [-0.25, -0.2) is 4.79 Å². The van der Waals surface area contributed by atoms with Crippen LogP contribution in [0, 0.1) is 6.92 Å². The molecule has 2 aliphatic heterocycles. The number of phenols is 1. The molecule has 6 rings (SSSR count). The number of carbonyl (C=O) groups is 1. The molecule has 1 saturated heterocycles. The summed E-state index contributed by atoms with van der Waals surface area (Å²) in [4.78, 5) is 18.7. The lowest BCUT2D eigenvalue weighted by Crippen LogP contribution is -2.38. The summed E-state index contributed by atoms with van der Waals surface area (Å²) in [6.07, 6.45) is 6.70. The molecular formula is C27H32N2O6S. The number of aryl methyl sites for hydroxylation is 1. The highest BCUT2D eigenvalue weighted by atomic mass is 32.2. The Morgan fingerprint density at radius 1 is 1.06 bits per heavy atom. The van der Waals surface area contributed by atoms with Crippen molar-refractivity contribution in [3.8, 4) is 5.75 Å². The van der Waals surface area contributed by atoms with Crippen molar-refractivity contribution in [2.75, 3.05) is 13.1 Å². The summed E-state index contributed by atoms with van der Waals surface area (Å²) in [5.74, 6) is 0.601. The maximum Gasteiger partial charge on any atom is 0.329 e. The highest BCUT2D eigenvalue weighted by Crippen LogP contribution is 2.46. The minimum atomic E-state index is -4.02. The van der Waals surface area contributed by atoms with Gasteiger partial charge >= 0.3 is 5.97 Å². The van der Waals surface area contributed by atoms with Gasteiger partial charge in [0, 0.05) is 29.1 Å². The predicted molar refractivity (Wildman–Crippen MR) is 136 cm³/mol. The van der Waals surface area contributed by atoms with Gasteiger partial charge in [-0.15, -0.1) is 0 Å². The molecule has 3 unspecified atom stereocenters. The first-order chi connectivity index (χ1) is 17.2. The van der Waals surface area contributed by atoms with E-state index < -0.39 is 10.1 Å². The van der Waals surface area contributed by atoms with Crippen LogP contribution in [-0.4, -0.2) is 53.1 Å². The van der Waals surface area contributed by atoms with Crippen molar-refractivity contribution in [3.63, 3.8) is 0 Å². The van der Waals surface area contributed by atoms with Crippen molar-refractivity contribution in [2.24, 2.45) is 0 Å². The highest BCUT2D eigenvalue weighted by molar-refractivity contribution is 7.85. The fraction of sp³-hybridized carbons (Fsp3) is 0.444. The number of nitrogens with one attached hydrogen (secondary N) is 1. The van der Waals surface area contributed by atoms with Crippen LogP contribution in [0.5, 0.6) is 5.75 Å². The number of benzene rings is 2. The normalized spacial score (nSPS) is 23.6. The van der Waals surface area contributed by atoms with Gasteiger partial charge in [-0.1, -0.05) is 24.1 Å². The lowest BCUT2D eigenvalue weighted by atomic mass is 9.90. The number of H-pyrrole nitrogens is 1. The Balaban J connectivity index is 0.000000205. The SMILES string of the molecule is Cc1ccc(S(=O)(=O)O)cc1.O=C(OC1CCCCC1)C1c2[nH]c3ccc(O)cc3c2C2CCN1C2. The van der Waals surface area contributed by atoms with Crippen LogP contribution in [-0.2, 0) is 19.6 Å². The van der Waals surface area contributed by atoms with Gasteiger partial charge in [0.1, 0.15) is 17.9 Å². The molecule has 9 heteroatoms. The molecule has 2 aromatic carbocycles. The van der Waals surface area contributed by atoms with Gasteiger partial charge < -0.3 is 14.8 Å². The second-order valence-corrected chi connectivity index (χ2v) is 11.5. The molecule has 0 radical (unpaired) electrons. The number of hydrogen-bond donors (Lipinski definition) is 3. The van der Waals surface area contributed by atoms with Gasteiger partial charge in [0.15, 0.2) is 0 Å². The molecule has 1 aliphatic carbocycles. The molecule has 2 fully saturated rings. The monoisotopic (exact) mass is 512 g/mol. The number of nitrogens with zero attached hydrogens (tertiary/aromatic N) is 1. The molecule has 1 saturated carbocycles. The van der Waals surface area contributed by atoms with Crippen molar-refractivity contribution in [2.45, 2.75) is 68.4 Å². The number of fused-ring (bicyclic) bond motifs is 6. The molecule has 3 aliphatic rings. The Morgan fingerprint density at radius 2 is 1.78 bits per heavy atom. The lowest BCUT2D eigenvalue weighted by molar-refractivity contribution is -0.157. The van der Waals surface area contributed by atoms with Crippen LogP contribution in [0.3, 0.4) is 0 Å². The smallest absolute Gasteiger partial charge is 0.329 e. The first-order valence-electron chi connectivity index (χ1n) is 12.5. The number of ether oxygens (including phenoxy) is 1. The Labute approximate surface area is 211 Å². The Kier molecular flexibility index (Phi) is 6.80. The molecular weight excluding hydrogens is 480 g/mol. The van der Waals surface area contributed by atoms with Crippen LogP contribution < -0.4 is 0 Å². The fourth-order valence-corrected chi connectivity index (χ4v) is 6.19. The first kappa shape index (κ1) is 24.8. The summed E-state index contributed by atoms with van der Waals surface area (Å²) in [6.45, 7) is 3.67. The minimum Gasteiger partial charge on any atom is -0.508 e. The summed E-state index contributed by atoms with van der Waals surface area (Å²) in [6, 6.07) is 11.1. The Morgan fingerprint density at radius 3 is 2.47 bits per heavy atom. The summed E-state index contributed by atoms with van der Waals surface area (Å²) >= 11 is 0. The van der Waals surface area contributed by atoms with Crippen molar-refractivity contribution >= 4 is 27.0 Å². The van der Waals surface area contributed by atoms with Crippen LogP contribution >= 0.6 is 0 Å². The molecule has 192 valence electrons. The second-order valence-electron chi connectivity index (χ2n) is 10.1. The van der Waals surface area contributed by atoms with E-state index in [1.165, 1.54) is 24.1 Å². The summed E-state index contributed by atoms with van der Waals surface area (Å²) in [5.41, 5.74) is 4.14. The number of esters is 1. The average Bonchev–Trinajstić information content (AvgIpc) is 3.42. The third-order valence-corrected chi connectivity index (χ3v) is 8.36. The Bertz CT molecular complexity index is 1360. The van der Waals surface area contributed by atoms with E-state index in [9.17, 15) is 18.3 Å². The topological polar surface area (TPSA) is 120 Å². The molecule has 0 spiro atoms. The number of rotatable bonds is 3. The van der Waals surface area contributed by atoms with E-state index in [0.717, 1.165) is 67.4 Å². The molecule has 36 heavy (non-hydrogen) atoms. The quantitative estimate of drug-likeness (QED) is 0.339. The van der Waals surface area contributed by atoms with E-state index in [-0.39, 0.29) is 28.8 Å². The lowest BCUT2D eigenvalue weighted by Gasteiger charge is -2.32. The zero-order valence-electron chi connectivity index (χ0n) is 20.3. The Hall–Kier alpha value is -2.88. The number of phenolic OH excluding ortho intramolecular Hbond substituents is 1. The summed E-state index contributed by atoms with van der Waals surface area (Å²) in [5, 5.41) is 10.9. The number of hydrogen-bond acceptors (Lipinski definition) is 6. The predicted octanol–water partition coefficient (Wildman–Crippen LogP) is 4.84. The van der Waals surface area contributed by atoms with E-state index >= 15 is 0 Å². The van der Waals surface area contributed by atoms with Gasteiger partial charge in [0.25, 0.3) is 10.1 Å². The van der Waals surface area contributed by atoms with Crippen molar-refractivity contribution in [1.82, 2.24) is 9.88 Å². The highest BCUT2D eigenvalue weighted by Gasteiger charge is 2.44.